The van der Waals surface area contributed by atoms with Gasteiger partial charge in [0.05, 0.1) is 6.26 Å². The first-order valence-electron chi connectivity index (χ1n) is 4.87. The SMILES string of the molecule is CC(=O)c1occc1-c1ccc(S(=O)[O-])cc1. The quantitative estimate of drug-likeness (QED) is 0.618. The number of Topliss-reactive ketones (excluding diaryl/α,β-unsaturated/α-hetero) is 1. The van der Waals surface area contributed by atoms with Gasteiger partial charge in [-0.2, -0.15) is 0 Å². The van der Waals surface area contributed by atoms with Crippen LogP contribution in [-0.2, 0) is 11.1 Å². The van der Waals surface area contributed by atoms with Crippen LogP contribution in [0.5, 0.6) is 0 Å². The van der Waals surface area contributed by atoms with E-state index in [0.29, 0.717) is 5.56 Å². The van der Waals surface area contributed by atoms with Gasteiger partial charge in [-0.05, 0) is 34.8 Å². The first kappa shape index (κ1) is 11.8. The Labute approximate surface area is 101 Å². The molecule has 2 rings (SSSR count). The number of furan rings is 1. The van der Waals surface area contributed by atoms with Crippen LogP contribution in [0.3, 0.4) is 0 Å². The highest BCUT2D eigenvalue weighted by molar-refractivity contribution is 7.79. The molecule has 0 spiro atoms. The average molecular weight is 249 g/mol. The van der Waals surface area contributed by atoms with Crippen LogP contribution in [0, 0.1) is 0 Å². The van der Waals surface area contributed by atoms with Crippen molar-refractivity contribution in [2.45, 2.75) is 11.8 Å². The Bertz CT molecular complexity index is 568. The van der Waals surface area contributed by atoms with Gasteiger partial charge in [-0.3, -0.25) is 9.00 Å². The molecule has 1 aromatic heterocycles. The van der Waals surface area contributed by atoms with Crippen molar-refractivity contribution in [1.29, 1.82) is 0 Å². The molecular weight excluding hydrogens is 240 g/mol. The molecule has 0 saturated heterocycles. The van der Waals surface area contributed by atoms with Gasteiger partial charge in [0.25, 0.3) is 0 Å². The fourth-order valence-corrected chi connectivity index (χ4v) is 1.91. The van der Waals surface area contributed by atoms with Crippen molar-refractivity contribution < 1.29 is 18.0 Å². The molecule has 0 fully saturated rings. The van der Waals surface area contributed by atoms with Crippen LogP contribution < -0.4 is 0 Å². The second-order valence-corrected chi connectivity index (χ2v) is 4.42. The number of hydrogen-bond acceptors (Lipinski definition) is 4. The van der Waals surface area contributed by atoms with Gasteiger partial charge in [-0.1, -0.05) is 12.1 Å². The molecule has 4 nitrogen and oxygen atoms in total. The smallest absolute Gasteiger partial charge is 0.195 e. The molecule has 88 valence electrons. The first-order valence-corrected chi connectivity index (χ1v) is 5.95. The van der Waals surface area contributed by atoms with Crippen molar-refractivity contribution in [3.05, 3.63) is 42.4 Å². The van der Waals surface area contributed by atoms with Crippen molar-refractivity contribution in [3.63, 3.8) is 0 Å². The van der Waals surface area contributed by atoms with E-state index < -0.39 is 11.1 Å². The number of carbonyl (C=O) groups is 1. The molecule has 0 N–H and O–H groups in total. The maximum atomic E-state index is 11.3. The van der Waals surface area contributed by atoms with E-state index in [-0.39, 0.29) is 16.4 Å². The van der Waals surface area contributed by atoms with Crippen LogP contribution in [0.4, 0.5) is 0 Å². The third kappa shape index (κ3) is 2.35. The Morgan fingerprint density at radius 1 is 1.24 bits per heavy atom. The van der Waals surface area contributed by atoms with Crippen LogP contribution in [0.1, 0.15) is 17.5 Å². The standard InChI is InChI=1S/C12H10O4S/c1-8(13)12-11(6-7-16-12)9-2-4-10(5-3-9)17(14)15/h2-7H,1H3,(H,14,15)/p-1. The van der Waals surface area contributed by atoms with Crippen molar-refractivity contribution in [1.82, 2.24) is 0 Å². The van der Waals surface area contributed by atoms with Gasteiger partial charge >= 0.3 is 0 Å². The summed E-state index contributed by atoms with van der Waals surface area (Å²) in [7, 11) is 0. The highest BCUT2D eigenvalue weighted by Crippen LogP contribution is 2.25. The topological polar surface area (TPSA) is 70.3 Å². The average Bonchev–Trinajstić information content (AvgIpc) is 2.78. The van der Waals surface area contributed by atoms with Crippen molar-refractivity contribution >= 4 is 16.9 Å². The molecule has 0 aliphatic heterocycles. The molecule has 17 heavy (non-hydrogen) atoms. The lowest BCUT2D eigenvalue weighted by Gasteiger charge is -2.06. The van der Waals surface area contributed by atoms with Gasteiger partial charge in [0.2, 0.25) is 0 Å². The highest BCUT2D eigenvalue weighted by Gasteiger charge is 2.12. The molecule has 1 heterocycles. The number of carbonyl (C=O) groups excluding carboxylic acids is 1. The number of benzene rings is 1. The summed E-state index contributed by atoms with van der Waals surface area (Å²) in [5.41, 5.74) is 1.42. The monoisotopic (exact) mass is 249 g/mol. The van der Waals surface area contributed by atoms with Gasteiger partial charge < -0.3 is 8.97 Å². The van der Waals surface area contributed by atoms with Crippen molar-refractivity contribution in [2.24, 2.45) is 0 Å². The second-order valence-electron chi connectivity index (χ2n) is 3.48. The largest absolute Gasteiger partial charge is 0.768 e. The summed E-state index contributed by atoms with van der Waals surface area (Å²) in [4.78, 5) is 11.5. The fraction of sp³-hybridized carbons (Fsp3) is 0.0833. The minimum absolute atomic E-state index is 0.165. The number of rotatable bonds is 3. The van der Waals surface area contributed by atoms with Crippen LogP contribution >= 0.6 is 0 Å². The van der Waals surface area contributed by atoms with Crippen molar-refractivity contribution in [2.75, 3.05) is 0 Å². The molecule has 0 amide bonds. The van der Waals surface area contributed by atoms with E-state index in [1.807, 2.05) is 0 Å². The maximum Gasteiger partial charge on any atom is 0.195 e. The lowest BCUT2D eigenvalue weighted by atomic mass is 10.1. The minimum Gasteiger partial charge on any atom is -0.768 e. The summed E-state index contributed by atoms with van der Waals surface area (Å²) in [6.07, 6.45) is 1.44. The zero-order valence-electron chi connectivity index (χ0n) is 9.01. The van der Waals surface area contributed by atoms with E-state index >= 15 is 0 Å². The molecule has 1 aromatic carbocycles. The minimum atomic E-state index is -2.24. The molecule has 0 aliphatic rings. The summed E-state index contributed by atoms with van der Waals surface area (Å²) in [6.45, 7) is 1.42. The van der Waals surface area contributed by atoms with Crippen LogP contribution in [-0.4, -0.2) is 14.5 Å². The van der Waals surface area contributed by atoms with E-state index in [9.17, 15) is 13.6 Å². The molecule has 5 heteroatoms. The molecule has 1 atom stereocenters. The summed E-state index contributed by atoms with van der Waals surface area (Å²) < 4.78 is 26.5. The Morgan fingerprint density at radius 2 is 1.88 bits per heavy atom. The Balaban J connectivity index is 2.43. The van der Waals surface area contributed by atoms with Gasteiger partial charge in [-0.25, -0.2) is 0 Å². The lowest BCUT2D eigenvalue weighted by molar-refractivity contribution is 0.0988. The zero-order chi connectivity index (χ0) is 12.4. The highest BCUT2D eigenvalue weighted by atomic mass is 32.2. The second kappa shape index (κ2) is 4.65. The Hall–Kier alpha value is -1.72. The molecule has 0 saturated carbocycles. The molecule has 2 aromatic rings. The van der Waals surface area contributed by atoms with Crippen LogP contribution in [0.15, 0.2) is 45.9 Å². The summed E-state index contributed by atoms with van der Waals surface area (Å²) >= 11 is -2.24. The van der Waals surface area contributed by atoms with E-state index in [1.54, 1.807) is 18.2 Å². The molecule has 0 radical (unpaired) electrons. The van der Waals surface area contributed by atoms with Crippen molar-refractivity contribution in [3.8, 4) is 11.1 Å². The van der Waals surface area contributed by atoms with Gasteiger partial charge in [0.1, 0.15) is 0 Å². The Kier molecular flexibility index (Phi) is 3.21. The lowest BCUT2D eigenvalue weighted by Crippen LogP contribution is -1.92. The number of ketones is 1. The van der Waals surface area contributed by atoms with Gasteiger partial charge in [0, 0.05) is 17.4 Å². The van der Waals surface area contributed by atoms with Gasteiger partial charge in [-0.15, -0.1) is 0 Å². The molecule has 0 aliphatic carbocycles. The van der Waals surface area contributed by atoms with Gasteiger partial charge in [0.15, 0.2) is 11.5 Å². The number of hydrogen-bond donors (Lipinski definition) is 0. The normalized spacial score (nSPS) is 12.4. The van der Waals surface area contributed by atoms with Crippen LogP contribution in [0.2, 0.25) is 0 Å². The molecule has 0 bridgehead atoms. The predicted molar refractivity (Wildman–Crippen MR) is 61.3 cm³/mol. The summed E-state index contributed by atoms with van der Waals surface area (Å²) in [6, 6.07) is 7.93. The Morgan fingerprint density at radius 3 is 2.41 bits per heavy atom. The van der Waals surface area contributed by atoms with E-state index in [4.69, 9.17) is 4.42 Å². The predicted octanol–water partition coefficient (Wildman–Crippen LogP) is 2.39. The fourth-order valence-electron chi connectivity index (χ4n) is 1.55. The van der Waals surface area contributed by atoms with Crippen LogP contribution in [0.25, 0.3) is 11.1 Å². The first-order chi connectivity index (χ1) is 8.09. The molecular formula is C12H9O4S-. The summed E-state index contributed by atoms with van der Waals surface area (Å²) in [5.74, 6) is 0.113. The van der Waals surface area contributed by atoms with E-state index in [1.165, 1.54) is 25.3 Å². The third-order valence-corrected chi connectivity index (χ3v) is 3.00. The van der Waals surface area contributed by atoms with E-state index in [2.05, 4.69) is 0 Å². The maximum absolute atomic E-state index is 11.3. The zero-order valence-corrected chi connectivity index (χ0v) is 9.82. The van der Waals surface area contributed by atoms with E-state index in [0.717, 1.165) is 5.56 Å². The third-order valence-electron chi connectivity index (χ3n) is 2.34. The molecule has 1 unspecified atom stereocenters. The summed E-state index contributed by atoms with van der Waals surface area (Å²) in [5, 5.41) is 0.